The van der Waals surface area contributed by atoms with E-state index in [0.717, 1.165) is 10.2 Å². The van der Waals surface area contributed by atoms with E-state index in [1.165, 1.54) is 21.9 Å². The lowest BCUT2D eigenvalue weighted by Gasteiger charge is -2.21. The average molecular weight is 339 g/mol. The van der Waals surface area contributed by atoms with Crippen LogP contribution in [0.2, 0.25) is 0 Å². The monoisotopic (exact) mass is 339 g/mol. The molecule has 0 N–H and O–H groups in total. The molecular weight excluding hydrogens is 322 g/mol. The highest BCUT2D eigenvalue weighted by Crippen LogP contribution is 2.20. The molecule has 2 heterocycles. The molecule has 118 valence electrons. The third-order valence-electron chi connectivity index (χ3n) is 3.79. The summed E-state index contributed by atoms with van der Waals surface area (Å²) >= 11 is 1.50. The van der Waals surface area contributed by atoms with Crippen LogP contribution < -0.4 is 0 Å². The van der Waals surface area contributed by atoms with Gasteiger partial charge in [-0.2, -0.15) is 0 Å². The number of sulfonamides is 1. The van der Waals surface area contributed by atoms with Crippen molar-refractivity contribution in [3.8, 4) is 0 Å². The number of rotatable bonds is 2. The Balaban J connectivity index is 1.77. The van der Waals surface area contributed by atoms with Crippen molar-refractivity contribution in [2.45, 2.75) is 6.42 Å². The summed E-state index contributed by atoms with van der Waals surface area (Å²) < 4.78 is 25.7. The van der Waals surface area contributed by atoms with E-state index < -0.39 is 10.0 Å². The number of thiazole rings is 1. The van der Waals surface area contributed by atoms with E-state index in [4.69, 9.17) is 0 Å². The summed E-state index contributed by atoms with van der Waals surface area (Å²) in [5, 5.41) is 0. The van der Waals surface area contributed by atoms with Gasteiger partial charge in [-0.3, -0.25) is 4.79 Å². The molecule has 3 rings (SSSR count). The highest BCUT2D eigenvalue weighted by atomic mass is 32.2. The van der Waals surface area contributed by atoms with Crippen LogP contribution in [-0.2, 0) is 10.0 Å². The van der Waals surface area contributed by atoms with Crippen LogP contribution in [0.15, 0.2) is 23.7 Å². The molecule has 2 aromatic rings. The number of hydrogen-bond donors (Lipinski definition) is 0. The molecule has 0 saturated carbocycles. The van der Waals surface area contributed by atoms with Crippen LogP contribution in [0.3, 0.4) is 0 Å². The van der Waals surface area contributed by atoms with Crippen LogP contribution in [0.25, 0.3) is 10.2 Å². The lowest BCUT2D eigenvalue weighted by atomic mass is 10.2. The van der Waals surface area contributed by atoms with Gasteiger partial charge < -0.3 is 4.90 Å². The Morgan fingerprint density at radius 3 is 2.82 bits per heavy atom. The van der Waals surface area contributed by atoms with Crippen LogP contribution in [0.5, 0.6) is 0 Å². The van der Waals surface area contributed by atoms with Crippen molar-refractivity contribution in [1.29, 1.82) is 0 Å². The van der Waals surface area contributed by atoms with Gasteiger partial charge in [0.2, 0.25) is 10.0 Å². The molecule has 6 nitrogen and oxygen atoms in total. The fourth-order valence-electron chi connectivity index (χ4n) is 2.60. The van der Waals surface area contributed by atoms with Crippen LogP contribution in [0.4, 0.5) is 0 Å². The van der Waals surface area contributed by atoms with Crippen molar-refractivity contribution in [2.75, 3.05) is 32.4 Å². The Labute approximate surface area is 133 Å². The molecule has 0 atom stereocenters. The number of carbonyl (C=O) groups excluding carboxylic acids is 1. The first-order chi connectivity index (χ1) is 10.4. The summed E-state index contributed by atoms with van der Waals surface area (Å²) in [6.45, 7) is 1.82. The van der Waals surface area contributed by atoms with E-state index in [-0.39, 0.29) is 5.91 Å². The number of amides is 1. The topological polar surface area (TPSA) is 70.6 Å². The molecule has 1 aromatic heterocycles. The van der Waals surface area contributed by atoms with E-state index in [1.54, 1.807) is 16.5 Å². The molecule has 0 spiro atoms. The minimum Gasteiger partial charge on any atom is -0.337 e. The zero-order valence-corrected chi connectivity index (χ0v) is 13.9. The third kappa shape index (κ3) is 3.13. The summed E-state index contributed by atoms with van der Waals surface area (Å²) in [7, 11) is -3.20. The van der Waals surface area contributed by atoms with Gasteiger partial charge in [0.15, 0.2) is 0 Å². The van der Waals surface area contributed by atoms with E-state index in [2.05, 4.69) is 4.98 Å². The zero-order chi connectivity index (χ0) is 15.7. The van der Waals surface area contributed by atoms with E-state index in [0.29, 0.717) is 38.2 Å². The van der Waals surface area contributed by atoms with Gasteiger partial charge in [0.25, 0.3) is 5.91 Å². The number of aromatic nitrogens is 1. The molecule has 0 aliphatic carbocycles. The average Bonchev–Trinajstić information content (AvgIpc) is 2.78. The normalized spacial score (nSPS) is 17.6. The minimum absolute atomic E-state index is 0.0503. The van der Waals surface area contributed by atoms with Crippen molar-refractivity contribution in [3.63, 3.8) is 0 Å². The third-order valence-corrected chi connectivity index (χ3v) is 5.88. The van der Waals surface area contributed by atoms with Gasteiger partial charge in [-0.05, 0) is 24.6 Å². The van der Waals surface area contributed by atoms with Crippen LogP contribution in [0.1, 0.15) is 16.8 Å². The van der Waals surface area contributed by atoms with Gasteiger partial charge in [-0.25, -0.2) is 17.7 Å². The van der Waals surface area contributed by atoms with Crippen LogP contribution in [0, 0.1) is 0 Å². The quantitative estimate of drug-likeness (QED) is 0.829. The molecule has 1 aliphatic rings. The van der Waals surface area contributed by atoms with Crippen molar-refractivity contribution in [3.05, 3.63) is 29.3 Å². The first-order valence-electron chi connectivity index (χ1n) is 7.03. The van der Waals surface area contributed by atoms with Crippen LogP contribution in [-0.4, -0.2) is 60.9 Å². The van der Waals surface area contributed by atoms with Gasteiger partial charge in [0.05, 0.1) is 22.0 Å². The van der Waals surface area contributed by atoms with Crippen molar-refractivity contribution < 1.29 is 13.2 Å². The van der Waals surface area contributed by atoms with Gasteiger partial charge >= 0.3 is 0 Å². The number of nitrogens with zero attached hydrogens (tertiary/aromatic N) is 3. The molecule has 0 radical (unpaired) electrons. The summed E-state index contributed by atoms with van der Waals surface area (Å²) in [6.07, 6.45) is 1.86. The maximum atomic E-state index is 12.6. The van der Waals surface area contributed by atoms with Crippen LogP contribution >= 0.6 is 11.3 Å². The highest BCUT2D eigenvalue weighted by Gasteiger charge is 2.24. The second kappa shape index (κ2) is 5.94. The maximum Gasteiger partial charge on any atom is 0.253 e. The van der Waals surface area contributed by atoms with E-state index >= 15 is 0 Å². The maximum absolute atomic E-state index is 12.6. The standard InChI is InChI=1S/C14H17N3O3S2/c1-22(19,20)17-6-2-5-16(7-8-17)14(18)11-3-4-12-13(9-11)21-10-15-12/h3-4,9-10H,2,5-8H2,1H3. The van der Waals surface area contributed by atoms with Crippen molar-refractivity contribution in [1.82, 2.24) is 14.2 Å². The van der Waals surface area contributed by atoms with Crippen molar-refractivity contribution in [2.24, 2.45) is 0 Å². The van der Waals surface area contributed by atoms with Gasteiger partial charge in [-0.1, -0.05) is 0 Å². The smallest absolute Gasteiger partial charge is 0.253 e. The number of fused-ring (bicyclic) bond motifs is 1. The highest BCUT2D eigenvalue weighted by molar-refractivity contribution is 7.88. The second-order valence-electron chi connectivity index (χ2n) is 5.34. The minimum atomic E-state index is -3.20. The zero-order valence-electron chi connectivity index (χ0n) is 12.2. The molecule has 1 saturated heterocycles. The molecule has 1 aromatic carbocycles. The summed E-state index contributed by atoms with van der Waals surface area (Å²) in [5.74, 6) is -0.0503. The lowest BCUT2D eigenvalue weighted by molar-refractivity contribution is 0.0764. The Bertz CT molecular complexity index is 801. The van der Waals surface area contributed by atoms with E-state index in [9.17, 15) is 13.2 Å². The first kappa shape index (κ1) is 15.4. The Morgan fingerprint density at radius 2 is 2.05 bits per heavy atom. The Hall–Kier alpha value is -1.51. The van der Waals surface area contributed by atoms with Gasteiger partial charge in [-0.15, -0.1) is 11.3 Å². The summed E-state index contributed by atoms with van der Waals surface area (Å²) in [6, 6.07) is 5.48. The molecule has 0 bridgehead atoms. The number of benzene rings is 1. The van der Waals surface area contributed by atoms with E-state index in [1.807, 2.05) is 12.1 Å². The Morgan fingerprint density at radius 1 is 1.23 bits per heavy atom. The molecule has 1 aliphatic heterocycles. The fourth-order valence-corrected chi connectivity index (χ4v) is 4.19. The number of carbonyl (C=O) groups is 1. The second-order valence-corrected chi connectivity index (χ2v) is 8.21. The fraction of sp³-hybridized carbons (Fsp3) is 0.429. The predicted molar refractivity (Wildman–Crippen MR) is 86.6 cm³/mol. The lowest BCUT2D eigenvalue weighted by Crippen LogP contribution is -2.36. The molecule has 0 unspecified atom stereocenters. The Kier molecular flexibility index (Phi) is 4.16. The van der Waals surface area contributed by atoms with Gasteiger partial charge in [0, 0.05) is 31.7 Å². The molecule has 1 fully saturated rings. The SMILES string of the molecule is CS(=O)(=O)N1CCCN(C(=O)c2ccc3ncsc3c2)CC1. The molecular formula is C14H17N3O3S2. The first-order valence-corrected chi connectivity index (χ1v) is 9.75. The van der Waals surface area contributed by atoms with Crippen molar-refractivity contribution >= 4 is 37.5 Å². The summed E-state index contributed by atoms with van der Waals surface area (Å²) in [5.41, 5.74) is 3.28. The molecule has 8 heteroatoms. The largest absolute Gasteiger partial charge is 0.337 e. The summed E-state index contributed by atoms with van der Waals surface area (Å²) in [4.78, 5) is 18.6. The molecule has 1 amide bonds. The predicted octanol–water partition coefficient (Wildman–Crippen LogP) is 1.40. The molecule has 22 heavy (non-hydrogen) atoms. The van der Waals surface area contributed by atoms with Gasteiger partial charge in [0.1, 0.15) is 0 Å². The number of hydrogen-bond acceptors (Lipinski definition) is 5.